The quantitative estimate of drug-likeness (QED) is 0.887. The number of carbonyl (C=O) groups excluding carboxylic acids is 1. The highest BCUT2D eigenvalue weighted by Gasteiger charge is 2.19. The Bertz CT molecular complexity index is 653. The lowest BCUT2D eigenvalue weighted by atomic mass is 9.98. The van der Waals surface area contributed by atoms with Crippen LogP contribution in [0.2, 0.25) is 0 Å². The fourth-order valence-electron chi connectivity index (χ4n) is 3.03. The second kappa shape index (κ2) is 8.45. The van der Waals surface area contributed by atoms with Gasteiger partial charge in [0.25, 0.3) is 5.91 Å². The maximum atomic E-state index is 12.1. The number of amides is 1. The molecule has 1 amide bonds. The number of likely N-dealkylation sites (tertiary alicyclic amines) is 1. The van der Waals surface area contributed by atoms with Gasteiger partial charge in [-0.05, 0) is 55.6 Å². The van der Waals surface area contributed by atoms with E-state index < -0.39 is 0 Å². The van der Waals surface area contributed by atoms with E-state index in [1.54, 1.807) is 30.8 Å². The summed E-state index contributed by atoms with van der Waals surface area (Å²) in [6.45, 7) is 3.76. The molecule has 0 saturated carbocycles. The topological polar surface area (TPSA) is 58.4 Å². The number of hydrogen-bond acceptors (Lipinski definition) is 4. The van der Waals surface area contributed by atoms with Crippen LogP contribution in [0.15, 0.2) is 53.4 Å². The second-order valence-electron chi connectivity index (χ2n) is 6.13. The smallest absolute Gasteiger partial charge is 0.251 e. The summed E-state index contributed by atoms with van der Waals surface area (Å²) in [5.41, 5.74) is 0.666. The Kier molecular flexibility index (Phi) is 5.80. The third-order valence-corrected chi connectivity index (χ3v) is 4.29. The molecular formula is C19H23N3O2. The van der Waals surface area contributed by atoms with Crippen molar-refractivity contribution in [1.29, 1.82) is 0 Å². The van der Waals surface area contributed by atoms with E-state index in [1.165, 1.54) is 6.42 Å². The van der Waals surface area contributed by atoms with E-state index in [-0.39, 0.29) is 5.91 Å². The van der Waals surface area contributed by atoms with Crippen molar-refractivity contribution in [3.8, 4) is 0 Å². The Morgan fingerprint density at radius 3 is 3.04 bits per heavy atom. The van der Waals surface area contributed by atoms with Crippen LogP contribution in [-0.4, -0.2) is 42.0 Å². The van der Waals surface area contributed by atoms with Crippen molar-refractivity contribution in [2.75, 3.05) is 26.2 Å². The summed E-state index contributed by atoms with van der Waals surface area (Å²) in [4.78, 5) is 18.5. The van der Waals surface area contributed by atoms with Crippen molar-refractivity contribution in [3.05, 3.63) is 60.3 Å². The van der Waals surface area contributed by atoms with Crippen molar-refractivity contribution < 1.29 is 9.21 Å². The number of hydrogen-bond donors (Lipinski definition) is 1. The van der Waals surface area contributed by atoms with Crippen LogP contribution in [0.3, 0.4) is 0 Å². The monoisotopic (exact) mass is 325 g/mol. The fraction of sp³-hybridized carbons (Fsp3) is 0.368. The van der Waals surface area contributed by atoms with Gasteiger partial charge in [0.1, 0.15) is 5.76 Å². The highest BCUT2D eigenvalue weighted by Crippen LogP contribution is 2.16. The van der Waals surface area contributed by atoms with Crippen LogP contribution in [0.4, 0.5) is 0 Å². The highest BCUT2D eigenvalue weighted by molar-refractivity contribution is 5.93. The molecule has 2 aromatic rings. The van der Waals surface area contributed by atoms with E-state index in [0.29, 0.717) is 11.5 Å². The molecule has 1 saturated heterocycles. The van der Waals surface area contributed by atoms with Gasteiger partial charge in [-0.15, -0.1) is 0 Å². The van der Waals surface area contributed by atoms with Crippen molar-refractivity contribution in [2.45, 2.75) is 12.8 Å². The van der Waals surface area contributed by atoms with Crippen LogP contribution < -0.4 is 5.32 Å². The lowest BCUT2D eigenvalue weighted by Gasteiger charge is -2.32. The zero-order chi connectivity index (χ0) is 16.6. The van der Waals surface area contributed by atoms with E-state index in [1.807, 2.05) is 18.2 Å². The number of nitrogens with zero attached hydrogens (tertiary/aromatic N) is 2. The summed E-state index contributed by atoms with van der Waals surface area (Å²) >= 11 is 0. The predicted octanol–water partition coefficient (Wildman–Crippen LogP) is 2.83. The number of rotatable bonds is 6. The van der Waals surface area contributed by atoms with Crippen LogP contribution in [0.5, 0.6) is 0 Å². The third kappa shape index (κ3) is 4.80. The first-order valence-corrected chi connectivity index (χ1v) is 8.42. The number of furan rings is 1. The van der Waals surface area contributed by atoms with Gasteiger partial charge < -0.3 is 9.73 Å². The minimum Gasteiger partial charge on any atom is -0.465 e. The minimum absolute atomic E-state index is 0.0211. The van der Waals surface area contributed by atoms with Crippen LogP contribution in [0, 0.1) is 5.92 Å². The Labute approximate surface area is 142 Å². The van der Waals surface area contributed by atoms with Crippen LogP contribution in [0.25, 0.3) is 6.08 Å². The summed E-state index contributed by atoms with van der Waals surface area (Å²) in [5, 5.41) is 3.04. The average Bonchev–Trinajstić information content (AvgIpc) is 3.14. The molecule has 0 radical (unpaired) electrons. The molecular weight excluding hydrogens is 302 g/mol. The van der Waals surface area contributed by atoms with Crippen molar-refractivity contribution in [3.63, 3.8) is 0 Å². The third-order valence-electron chi connectivity index (χ3n) is 4.29. The lowest BCUT2D eigenvalue weighted by molar-refractivity contribution is 0.0934. The molecule has 0 unspecified atom stereocenters. The molecule has 0 aromatic carbocycles. The number of pyridine rings is 1. The number of nitrogens with one attached hydrogen (secondary N) is 1. The van der Waals surface area contributed by atoms with Gasteiger partial charge >= 0.3 is 0 Å². The molecule has 0 bridgehead atoms. The van der Waals surface area contributed by atoms with Crippen LogP contribution in [0.1, 0.15) is 29.0 Å². The van der Waals surface area contributed by atoms with E-state index >= 15 is 0 Å². The van der Waals surface area contributed by atoms with Gasteiger partial charge in [0.05, 0.1) is 6.26 Å². The zero-order valence-electron chi connectivity index (χ0n) is 13.7. The molecule has 1 fully saturated rings. The fourth-order valence-corrected chi connectivity index (χ4v) is 3.03. The van der Waals surface area contributed by atoms with Crippen molar-refractivity contribution in [1.82, 2.24) is 15.2 Å². The van der Waals surface area contributed by atoms with Gasteiger partial charge in [-0.1, -0.05) is 6.08 Å². The van der Waals surface area contributed by atoms with Crippen molar-refractivity contribution in [2.24, 2.45) is 5.92 Å². The molecule has 1 aliphatic rings. The van der Waals surface area contributed by atoms with Gasteiger partial charge in [0.15, 0.2) is 0 Å². The molecule has 3 rings (SSSR count). The molecule has 0 aliphatic carbocycles. The standard InChI is InChI=1S/C19H23N3O2/c23-19(17-7-9-20-10-8-17)21-14-16-4-1-11-22(15-16)12-2-5-18-6-3-13-24-18/h2-3,5-10,13,16H,1,4,11-12,14-15H2,(H,21,23)/b5-2+/t16-/m0/s1. The summed E-state index contributed by atoms with van der Waals surface area (Å²) < 4.78 is 5.29. The zero-order valence-corrected chi connectivity index (χ0v) is 13.7. The predicted molar refractivity (Wildman–Crippen MR) is 93.5 cm³/mol. The molecule has 0 spiro atoms. The van der Waals surface area contributed by atoms with Crippen LogP contribution in [-0.2, 0) is 0 Å². The van der Waals surface area contributed by atoms with Crippen molar-refractivity contribution >= 4 is 12.0 Å². The Balaban J connectivity index is 1.43. The van der Waals surface area contributed by atoms with Crippen LogP contribution >= 0.6 is 0 Å². The summed E-state index contributed by atoms with van der Waals surface area (Å²) in [6.07, 6.45) is 11.4. The number of aromatic nitrogens is 1. The summed E-state index contributed by atoms with van der Waals surface area (Å²) in [5.74, 6) is 1.36. The highest BCUT2D eigenvalue weighted by atomic mass is 16.3. The summed E-state index contributed by atoms with van der Waals surface area (Å²) in [7, 11) is 0. The first-order chi connectivity index (χ1) is 11.8. The molecule has 5 nitrogen and oxygen atoms in total. The SMILES string of the molecule is O=C(NC[C@@H]1CCCN(C/C=C/c2ccco2)C1)c1ccncc1. The Hall–Kier alpha value is -2.40. The first-order valence-electron chi connectivity index (χ1n) is 8.42. The van der Waals surface area contributed by atoms with Gasteiger partial charge in [-0.2, -0.15) is 0 Å². The largest absolute Gasteiger partial charge is 0.465 e. The van der Waals surface area contributed by atoms with E-state index in [0.717, 1.165) is 38.4 Å². The first kappa shape index (κ1) is 16.5. The molecule has 3 heterocycles. The molecule has 126 valence electrons. The molecule has 1 N–H and O–H groups in total. The number of piperidine rings is 1. The number of carbonyl (C=O) groups is 1. The molecule has 5 heteroatoms. The normalized spacial score (nSPS) is 18.8. The second-order valence-corrected chi connectivity index (χ2v) is 6.13. The molecule has 1 aliphatic heterocycles. The van der Waals surface area contributed by atoms with Gasteiger partial charge in [-0.3, -0.25) is 14.7 Å². The maximum absolute atomic E-state index is 12.1. The molecule has 24 heavy (non-hydrogen) atoms. The molecule has 2 aromatic heterocycles. The Morgan fingerprint density at radius 2 is 2.25 bits per heavy atom. The molecule has 1 atom stereocenters. The lowest BCUT2D eigenvalue weighted by Crippen LogP contribution is -2.40. The van der Waals surface area contributed by atoms with E-state index in [2.05, 4.69) is 21.3 Å². The van der Waals surface area contributed by atoms with E-state index in [4.69, 9.17) is 4.42 Å². The van der Waals surface area contributed by atoms with Gasteiger partial charge in [-0.25, -0.2) is 0 Å². The van der Waals surface area contributed by atoms with Gasteiger partial charge in [0.2, 0.25) is 0 Å². The Morgan fingerprint density at radius 1 is 1.38 bits per heavy atom. The minimum atomic E-state index is -0.0211. The van der Waals surface area contributed by atoms with E-state index in [9.17, 15) is 4.79 Å². The average molecular weight is 325 g/mol. The maximum Gasteiger partial charge on any atom is 0.251 e. The summed E-state index contributed by atoms with van der Waals surface area (Å²) in [6, 6.07) is 7.32. The van der Waals surface area contributed by atoms with Gasteiger partial charge in [0, 0.05) is 37.6 Å².